The number of aryl methyl sites for hydroxylation is 1. The topological polar surface area (TPSA) is 51.4 Å². The molecular formula is C29H33N3O2. The summed E-state index contributed by atoms with van der Waals surface area (Å²) < 4.78 is 12.9. The number of furan rings is 1. The van der Waals surface area contributed by atoms with Gasteiger partial charge in [0.1, 0.15) is 23.6 Å². The van der Waals surface area contributed by atoms with Crippen molar-refractivity contribution >= 4 is 11.1 Å². The van der Waals surface area contributed by atoms with Crippen molar-refractivity contribution in [2.24, 2.45) is 0 Å². The quantitative estimate of drug-likeness (QED) is 0.294. The Hall–Kier alpha value is -3.18. The number of benzene rings is 2. The van der Waals surface area contributed by atoms with E-state index in [-0.39, 0.29) is 6.10 Å². The average molecular weight is 456 g/mol. The fraction of sp³-hybridized carbons (Fsp3) is 0.379. The number of likely N-dealkylation sites (tertiary alicyclic amines) is 1. The maximum Gasteiger partial charge on any atom is 0.234 e. The molecule has 1 aliphatic heterocycles. The summed E-state index contributed by atoms with van der Waals surface area (Å²) in [5.74, 6) is 1.42. The predicted octanol–water partition coefficient (Wildman–Crippen LogP) is 6.76. The molecule has 0 aliphatic carbocycles. The molecule has 1 fully saturated rings. The van der Waals surface area contributed by atoms with Gasteiger partial charge in [-0.2, -0.15) is 0 Å². The van der Waals surface area contributed by atoms with Crippen molar-refractivity contribution in [3.63, 3.8) is 0 Å². The Labute approximate surface area is 201 Å². The molecule has 0 spiro atoms. The first-order chi connectivity index (χ1) is 16.8. The van der Waals surface area contributed by atoms with Gasteiger partial charge < -0.3 is 9.15 Å². The first-order valence-electron chi connectivity index (χ1n) is 12.6. The second-order valence-corrected chi connectivity index (χ2v) is 9.12. The van der Waals surface area contributed by atoms with E-state index in [1.165, 1.54) is 18.4 Å². The van der Waals surface area contributed by atoms with Crippen LogP contribution in [-0.2, 0) is 6.42 Å². The minimum atomic E-state index is 0.120. The van der Waals surface area contributed by atoms with Crippen molar-refractivity contribution in [1.82, 2.24) is 14.9 Å². The highest BCUT2D eigenvalue weighted by Gasteiger charge is 2.26. The van der Waals surface area contributed by atoms with Gasteiger partial charge in [-0.25, -0.2) is 9.97 Å². The highest BCUT2D eigenvalue weighted by atomic mass is 16.5. The minimum absolute atomic E-state index is 0.120. The van der Waals surface area contributed by atoms with E-state index >= 15 is 0 Å². The van der Waals surface area contributed by atoms with Gasteiger partial charge in [-0.3, -0.25) is 4.90 Å². The molecule has 1 aliphatic rings. The molecule has 1 atom stereocenters. The third-order valence-electron chi connectivity index (χ3n) is 6.71. The van der Waals surface area contributed by atoms with Crippen LogP contribution in [0, 0.1) is 0 Å². The summed E-state index contributed by atoms with van der Waals surface area (Å²) in [7, 11) is 0. The zero-order valence-electron chi connectivity index (χ0n) is 20.2. The van der Waals surface area contributed by atoms with E-state index in [1.807, 2.05) is 18.2 Å². The van der Waals surface area contributed by atoms with Crippen LogP contribution in [0.25, 0.3) is 33.6 Å². The summed E-state index contributed by atoms with van der Waals surface area (Å²) in [6.07, 6.45) is 7.31. The maximum absolute atomic E-state index is 6.58. The van der Waals surface area contributed by atoms with Crippen molar-refractivity contribution < 1.29 is 9.15 Å². The second-order valence-electron chi connectivity index (χ2n) is 9.12. The monoisotopic (exact) mass is 455 g/mol. The van der Waals surface area contributed by atoms with Crippen molar-refractivity contribution in [3.8, 4) is 28.3 Å². The summed E-state index contributed by atoms with van der Waals surface area (Å²) in [5, 5.41) is 0.858. The number of fused-ring (bicyclic) bond motifs is 1. The fourth-order valence-electron chi connectivity index (χ4n) is 4.82. The van der Waals surface area contributed by atoms with Crippen molar-refractivity contribution in [3.05, 3.63) is 66.5 Å². The standard InChI is InChI=1S/C29H33N3O2/c1-3-5-17-32-18-9-12-24(19-32)33-28-26-25(22-15-13-21(4-2)14-16-22)27(23-10-7-6-8-11-23)34-29(26)31-20-30-28/h6-8,10-11,13-16,20,24H,3-5,9,12,17-19H2,1-2H3/t24-/m1/s1. The van der Waals surface area contributed by atoms with Gasteiger partial charge in [0.05, 0.1) is 0 Å². The van der Waals surface area contributed by atoms with Crippen molar-refractivity contribution in [2.75, 3.05) is 19.6 Å². The lowest BCUT2D eigenvalue weighted by atomic mass is 9.98. The Morgan fingerprint density at radius 3 is 2.59 bits per heavy atom. The number of hydrogen-bond acceptors (Lipinski definition) is 5. The van der Waals surface area contributed by atoms with E-state index in [2.05, 4.69) is 65.1 Å². The van der Waals surface area contributed by atoms with Crippen molar-refractivity contribution in [2.45, 2.75) is 52.1 Å². The third-order valence-corrected chi connectivity index (χ3v) is 6.71. The maximum atomic E-state index is 6.58. The third kappa shape index (κ3) is 4.71. The molecule has 0 amide bonds. The van der Waals surface area contributed by atoms with E-state index in [4.69, 9.17) is 9.15 Å². The Balaban J connectivity index is 1.57. The molecule has 2 aromatic carbocycles. The van der Waals surface area contributed by atoms with Gasteiger partial charge in [-0.1, -0.05) is 74.9 Å². The molecule has 1 saturated heterocycles. The number of nitrogens with zero attached hydrogens (tertiary/aromatic N) is 3. The summed E-state index contributed by atoms with van der Waals surface area (Å²) in [4.78, 5) is 11.6. The summed E-state index contributed by atoms with van der Waals surface area (Å²) in [6, 6.07) is 18.9. The van der Waals surface area contributed by atoms with Gasteiger partial charge in [-0.05, 0) is 49.9 Å². The van der Waals surface area contributed by atoms with Crippen LogP contribution >= 0.6 is 0 Å². The minimum Gasteiger partial charge on any atom is -0.472 e. The van der Waals surface area contributed by atoms with Gasteiger partial charge >= 0.3 is 0 Å². The lowest BCUT2D eigenvalue weighted by Crippen LogP contribution is -2.41. The van der Waals surface area contributed by atoms with E-state index < -0.39 is 0 Å². The number of piperidine rings is 1. The Morgan fingerprint density at radius 1 is 1.00 bits per heavy atom. The first-order valence-corrected chi connectivity index (χ1v) is 12.6. The van der Waals surface area contributed by atoms with E-state index in [9.17, 15) is 0 Å². The number of rotatable bonds is 8. The van der Waals surface area contributed by atoms with Gasteiger partial charge in [0.15, 0.2) is 0 Å². The second kappa shape index (κ2) is 10.4. The summed E-state index contributed by atoms with van der Waals surface area (Å²) in [6.45, 7) is 7.64. The zero-order valence-corrected chi connectivity index (χ0v) is 20.2. The molecule has 0 radical (unpaired) electrons. The Bertz CT molecular complexity index is 1220. The van der Waals surface area contributed by atoms with Crippen LogP contribution in [-0.4, -0.2) is 40.6 Å². The molecule has 0 bridgehead atoms. The van der Waals surface area contributed by atoms with Gasteiger partial charge in [0.2, 0.25) is 11.6 Å². The number of aromatic nitrogens is 2. The first kappa shape index (κ1) is 22.6. The smallest absolute Gasteiger partial charge is 0.234 e. The molecule has 34 heavy (non-hydrogen) atoms. The molecule has 5 nitrogen and oxygen atoms in total. The molecule has 0 N–H and O–H groups in total. The molecular weight excluding hydrogens is 422 g/mol. The normalized spacial score (nSPS) is 16.7. The number of ether oxygens (including phenoxy) is 1. The Morgan fingerprint density at radius 2 is 1.82 bits per heavy atom. The van der Waals surface area contributed by atoms with Crippen LogP contribution in [0.1, 0.15) is 45.1 Å². The fourth-order valence-corrected chi connectivity index (χ4v) is 4.82. The van der Waals surface area contributed by atoms with E-state index in [0.717, 1.165) is 66.7 Å². The molecule has 176 valence electrons. The molecule has 0 saturated carbocycles. The Kier molecular flexibility index (Phi) is 6.91. The number of hydrogen-bond donors (Lipinski definition) is 0. The number of unbranched alkanes of at least 4 members (excludes halogenated alkanes) is 1. The van der Waals surface area contributed by atoms with Crippen LogP contribution < -0.4 is 4.74 Å². The highest BCUT2D eigenvalue weighted by molar-refractivity contribution is 6.03. The largest absolute Gasteiger partial charge is 0.472 e. The van der Waals surface area contributed by atoms with Crippen LogP contribution in [0.4, 0.5) is 0 Å². The molecule has 2 aromatic heterocycles. The molecule has 5 rings (SSSR count). The van der Waals surface area contributed by atoms with Gasteiger partial charge in [-0.15, -0.1) is 0 Å². The van der Waals surface area contributed by atoms with E-state index in [0.29, 0.717) is 11.6 Å². The van der Waals surface area contributed by atoms with Gasteiger partial charge in [0.25, 0.3) is 0 Å². The average Bonchev–Trinajstić information content (AvgIpc) is 3.29. The lowest BCUT2D eigenvalue weighted by molar-refractivity contribution is 0.0854. The molecule has 4 aromatic rings. The molecule has 5 heteroatoms. The van der Waals surface area contributed by atoms with Gasteiger partial charge in [0, 0.05) is 17.7 Å². The van der Waals surface area contributed by atoms with Crippen LogP contribution in [0.3, 0.4) is 0 Å². The molecule has 0 unspecified atom stereocenters. The summed E-state index contributed by atoms with van der Waals surface area (Å²) >= 11 is 0. The zero-order chi connectivity index (χ0) is 23.3. The van der Waals surface area contributed by atoms with Crippen molar-refractivity contribution in [1.29, 1.82) is 0 Å². The van der Waals surface area contributed by atoms with E-state index in [1.54, 1.807) is 6.33 Å². The van der Waals surface area contributed by atoms with Crippen LogP contribution in [0.5, 0.6) is 5.88 Å². The lowest BCUT2D eigenvalue weighted by Gasteiger charge is -2.32. The highest BCUT2D eigenvalue weighted by Crippen LogP contribution is 2.43. The summed E-state index contributed by atoms with van der Waals surface area (Å²) in [5.41, 5.74) is 4.97. The van der Waals surface area contributed by atoms with Crippen LogP contribution in [0.2, 0.25) is 0 Å². The SMILES string of the molecule is CCCCN1CCC[C@@H](Oc2ncnc3oc(-c4ccccc4)c(-c4ccc(CC)cc4)c23)C1. The van der Waals surface area contributed by atoms with Crippen LogP contribution in [0.15, 0.2) is 65.3 Å². The predicted molar refractivity (Wildman–Crippen MR) is 137 cm³/mol. The molecule has 3 heterocycles.